The summed E-state index contributed by atoms with van der Waals surface area (Å²) in [6.45, 7) is 1.62. The number of carbonyl (C=O) groups is 2. The van der Waals surface area contributed by atoms with Crippen molar-refractivity contribution < 1.29 is 23.8 Å². The Balaban J connectivity index is 1.26. The number of halogens is 1. The van der Waals surface area contributed by atoms with Crippen LogP contribution in [0.4, 0.5) is 4.39 Å². The van der Waals surface area contributed by atoms with Crippen LogP contribution in [-0.2, 0) is 9.59 Å². The maximum absolute atomic E-state index is 13.0. The summed E-state index contributed by atoms with van der Waals surface area (Å²) in [7, 11) is 0. The summed E-state index contributed by atoms with van der Waals surface area (Å²) in [4.78, 5) is 29.4. The van der Waals surface area contributed by atoms with Crippen molar-refractivity contribution in [2.75, 3.05) is 26.2 Å². The van der Waals surface area contributed by atoms with Crippen LogP contribution in [-0.4, -0.2) is 77.2 Å². The van der Waals surface area contributed by atoms with Gasteiger partial charge in [-0.3, -0.25) is 14.5 Å². The molecule has 0 aromatic heterocycles. The molecule has 2 amide bonds. The first-order chi connectivity index (χ1) is 15.5. The van der Waals surface area contributed by atoms with Gasteiger partial charge in [-0.1, -0.05) is 19.3 Å². The van der Waals surface area contributed by atoms with Crippen molar-refractivity contribution in [3.05, 3.63) is 30.1 Å². The van der Waals surface area contributed by atoms with Crippen molar-refractivity contribution in [3.63, 3.8) is 0 Å². The molecule has 1 saturated carbocycles. The van der Waals surface area contributed by atoms with Gasteiger partial charge in [0.25, 0.3) is 5.91 Å². The van der Waals surface area contributed by atoms with E-state index in [9.17, 15) is 19.1 Å². The Morgan fingerprint density at radius 1 is 1.06 bits per heavy atom. The van der Waals surface area contributed by atoms with Gasteiger partial charge in [-0.15, -0.1) is 0 Å². The summed E-state index contributed by atoms with van der Waals surface area (Å²) in [6.07, 6.45) is 7.18. The molecule has 2 saturated heterocycles. The van der Waals surface area contributed by atoms with Gasteiger partial charge in [0, 0.05) is 31.7 Å². The zero-order chi connectivity index (χ0) is 22.5. The average Bonchev–Trinajstić information content (AvgIpc) is 3.21. The summed E-state index contributed by atoms with van der Waals surface area (Å²) in [6, 6.07) is 5.76. The largest absolute Gasteiger partial charge is 0.484 e. The molecule has 3 fully saturated rings. The van der Waals surface area contributed by atoms with E-state index in [1.807, 2.05) is 0 Å². The molecule has 1 aromatic rings. The molecule has 8 heteroatoms. The van der Waals surface area contributed by atoms with Crippen LogP contribution >= 0.6 is 0 Å². The second kappa shape index (κ2) is 10.6. The van der Waals surface area contributed by atoms with Crippen LogP contribution in [0.3, 0.4) is 0 Å². The number of likely N-dealkylation sites (tertiary alicyclic amines) is 2. The van der Waals surface area contributed by atoms with E-state index in [4.69, 9.17) is 4.74 Å². The quantitative estimate of drug-likeness (QED) is 0.698. The summed E-state index contributed by atoms with van der Waals surface area (Å²) in [5.41, 5.74) is 0. The van der Waals surface area contributed by atoms with E-state index in [2.05, 4.69) is 10.2 Å². The van der Waals surface area contributed by atoms with Crippen LogP contribution in [0.1, 0.15) is 51.4 Å². The third kappa shape index (κ3) is 5.78. The Morgan fingerprint density at radius 3 is 2.44 bits per heavy atom. The molecule has 0 unspecified atom stereocenters. The summed E-state index contributed by atoms with van der Waals surface area (Å²) in [5.74, 6) is 0.0662. The fraction of sp³-hybridized carbons (Fsp3) is 0.667. The van der Waals surface area contributed by atoms with Crippen molar-refractivity contribution >= 4 is 11.8 Å². The number of rotatable bonds is 6. The number of aliphatic hydroxyl groups is 1. The van der Waals surface area contributed by atoms with Crippen LogP contribution in [0, 0.1) is 5.82 Å². The molecule has 176 valence electrons. The van der Waals surface area contributed by atoms with Gasteiger partial charge in [-0.05, 0) is 56.4 Å². The third-order valence-corrected chi connectivity index (χ3v) is 7.03. The van der Waals surface area contributed by atoms with Gasteiger partial charge in [-0.25, -0.2) is 4.39 Å². The topological polar surface area (TPSA) is 82.1 Å². The van der Waals surface area contributed by atoms with E-state index in [0.29, 0.717) is 31.8 Å². The van der Waals surface area contributed by atoms with Gasteiger partial charge in [0.05, 0.1) is 12.1 Å². The predicted molar refractivity (Wildman–Crippen MR) is 118 cm³/mol. The van der Waals surface area contributed by atoms with Crippen LogP contribution in [0.2, 0.25) is 0 Å². The van der Waals surface area contributed by atoms with Gasteiger partial charge < -0.3 is 20.1 Å². The van der Waals surface area contributed by atoms with E-state index in [1.165, 1.54) is 43.5 Å². The highest BCUT2D eigenvalue weighted by atomic mass is 19.1. The minimum Gasteiger partial charge on any atom is -0.484 e. The van der Waals surface area contributed by atoms with Gasteiger partial charge >= 0.3 is 0 Å². The lowest BCUT2D eigenvalue weighted by molar-refractivity contribution is -0.136. The number of hydrogen-bond acceptors (Lipinski definition) is 5. The first-order valence-corrected chi connectivity index (χ1v) is 11.9. The number of hydrogen-bond donors (Lipinski definition) is 2. The number of ether oxygens (including phenoxy) is 1. The molecule has 0 radical (unpaired) electrons. The fourth-order valence-electron chi connectivity index (χ4n) is 5.26. The number of benzene rings is 1. The van der Waals surface area contributed by atoms with Gasteiger partial charge in [-0.2, -0.15) is 0 Å². The Labute approximate surface area is 188 Å². The Hall–Kier alpha value is -2.19. The van der Waals surface area contributed by atoms with Crippen LogP contribution in [0.15, 0.2) is 24.3 Å². The smallest absolute Gasteiger partial charge is 0.260 e. The van der Waals surface area contributed by atoms with E-state index < -0.39 is 6.10 Å². The van der Waals surface area contributed by atoms with Crippen molar-refractivity contribution in [2.24, 2.45) is 0 Å². The second-order valence-electron chi connectivity index (χ2n) is 9.30. The molecule has 32 heavy (non-hydrogen) atoms. The Bertz CT molecular complexity index is 776. The molecule has 1 aliphatic carbocycles. The first-order valence-electron chi connectivity index (χ1n) is 11.9. The lowest BCUT2D eigenvalue weighted by Gasteiger charge is -2.39. The zero-order valence-corrected chi connectivity index (χ0v) is 18.5. The maximum Gasteiger partial charge on any atom is 0.260 e. The minimum atomic E-state index is -0.485. The molecule has 0 bridgehead atoms. The molecule has 2 aliphatic heterocycles. The molecule has 3 aliphatic rings. The SMILES string of the molecule is O=C(NC1CCCCC1)[C@@H]1C[C@@H](O)CN1C1CCN(C(=O)COc2ccc(F)cc2)CC1. The van der Waals surface area contributed by atoms with E-state index in [1.54, 1.807) is 4.90 Å². The summed E-state index contributed by atoms with van der Waals surface area (Å²) >= 11 is 0. The standard InChI is InChI=1S/C24H34FN3O4/c25-17-6-8-21(9-7-17)32-16-23(30)27-12-10-19(11-13-27)28-15-20(29)14-22(28)24(31)26-18-4-2-1-3-5-18/h6-9,18-20,22,29H,1-5,10-16H2,(H,26,31)/t20-,22+/m1/s1. The minimum absolute atomic E-state index is 0.0413. The number of β-amino-alcohol motifs (C(OH)–C–C–N with tert-alkyl or cyclic N) is 1. The highest BCUT2D eigenvalue weighted by Crippen LogP contribution is 2.27. The second-order valence-corrected chi connectivity index (χ2v) is 9.30. The van der Waals surface area contributed by atoms with Gasteiger partial charge in [0.1, 0.15) is 11.6 Å². The summed E-state index contributed by atoms with van der Waals surface area (Å²) < 4.78 is 18.5. The average molecular weight is 448 g/mol. The number of aliphatic hydroxyl groups excluding tert-OH is 1. The summed E-state index contributed by atoms with van der Waals surface area (Å²) in [5, 5.41) is 13.5. The molecular formula is C24H34FN3O4. The molecule has 4 rings (SSSR count). The van der Waals surface area contributed by atoms with Gasteiger partial charge in [0.15, 0.2) is 6.61 Å². The lowest BCUT2D eigenvalue weighted by atomic mass is 9.95. The van der Waals surface area contributed by atoms with Crippen molar-refractivity contribution in [1.82, 2.24) is 15.1 Å². The van der Waals surface area contributed by atoms with E-state index in [-0.39, 0.29) is 42.4 Å². The number of nitrogens with zero attached hydrogens (tertiary/aromatic N) is 2. The molecule has 2 heterocycles. The van der Waals surface area contributed by atoms with Crippen LogP contribution in [0.5, 0.6) is 5.75 Å². The number of amides is 2. The van der Waals surface area contributed by atoms with Crippen molar-refractivity contribution in [2.45, 2.75) is 75.6 Å². The van der Waals surface area contributed by atoms with E-state index in [0.717, 1.165) is 25.7 Å². The molecule has 2 N–H and O–H groups in total. The molecular weight excluding hydrogens is 413 g/mol. The van der Waals surface area contributed by atoms with E-state index >= 15 is 0 Å². The third-order valence-electron chi connectivity index (χ3n) is 7.03. The van der Waals surface area contributed by atoms with Crippen molar-refractivity contribution in [1.29, 1.82) is 0 Å². The lowest BCUT2D eigenvalue weighted by Crippen LogP contribution is -2.53. The highest BCUT2D eigenvalue weighted by molar-refractivity contribution is 5.82. The number of nitrogens with one attached hydrogen (secondary N) is 1. The van der Waals surface area contributed by atoms with Crippen molar-refractivity contribution in [3.8, 4) is 5.75 Å². The monoisotopic (exact) mass is 447 g/mol. The molecule has 0 spiro atoms. The zero-order valence-electron chi connectivity index (χ0n) is 18.5. The Kier molecular flexibility index (Phi) is 7.63. The van der Waals surface area contributed by atoms with Crippen LogP contribution < -0.4 is 10.1 Å². The molecule has 7 nitrogen and oxygen atoms in total. The maximum atomic E-state index is 13.0. The normalized spacial score (nSPS) is 25.6. The van der Waals surface area contributed by atoms with Crippen LogP contribution in [0.25, 0.3) is 0 Å². The molecule has 2 atom stereocenters. The Morgan fingerprint density at radius 2 is 1.75 bits per heavy atom. The number of piperidine rings is 1. The number of carbonyl (C=O) groups excluding carboxylic acids is 2. The fourth-order valence-corrected chi connectivity index (χ4v) is 5.26. The van der Waals surface area contributed by atoms with Gasteiger partial charge in [0.2, 0.25) is 5.91 Å². The highest BCUT2D eigenvalue weighted by Gasteiger charge is 2.41. The first kappa shape index (κ1) is 23.0. The predicted octanol–water partition coefficient (Wildman–Crippen LogP) is 2.08. The molecule has 1 aromatic carbocycles.